The molecule has 2 heterocycles. The summed E-state index contributed by atoms with van der Waals surface area (Å²) < 4.78 is 0.988. The quantitative estimate of drug-likeness (QED) is 0.682. The van der Waals surface area contributed by atoms with Gasteiger partial charge in [0.05, 0.1) is 5.56 Å². The van der Waals surface area contributed by atoms with Crippen molar-refractivity contribution < 1.29 is 9.59 Å². The zero-order valence-electron chi connectivity index (χ0n) is 13.3. The summed E-state index contributed by atoms with van der Waals surface area (Å²) in [6.45, 7) is 3.21. The molecule has 2 aliphatic heterocycles. The van der Waals surface area contributed by atoms with Crippen molar-refractivity contribution in [3.63, 3.8) is 0 Å². The van der Waals surface area contributed by atoms with Gasteiger partial charge in [-0.1, -0.05) is 12.1 Å². The van der Waals surface area contributed by atoms with Crippen LogP contribution in [0, 0.1) is 9.49 Å². The van der Waals surface area contributed by atoms with Crippen LogP contribution in [0.2, 0.25) is 0 Å². The number of hydrogen-bond acceptors (Lipinski definition) is 2. The summed E-state index contributed by atoms with van der Waals surface area (Å²) in [6, 6.07) is 7.69. The summed E-state index contributed by atoms with van der Waals surface area (Å²) in [5.74, 6) is 0.511. The molecule has 5 heteroatoms. The minimum atomic E-state index is 0.0962. The van der Waals surface area contributed by atoms with Crippen LogP contribution in [0.4, 0.5) is 0 Å². The van der Waals surface area contributed by atoms with Gasteiger partial charge in [0, 0.05) is 35.7 Å². The van der Waals surface area contributed by atoms with Crippen molar-refractivity contribution in [1.29, 1.82) is 0 Å². The maximum Gasteiger partial charge on any atom is 0.254 e. The Morgan fingerprint density at radius 1 is 0.913 bits per heavy atom. The van der Waals surface area contributed by atoms with E-state index in [4.69, 9.17) is 0 Å². The summed E-state index contributed by atoms with van der Waals surface area (Å²) in [5, 5.41) is 0. The number of nitrogens with zero attached hydrogens (tertiary/aromatic N) is 2. The fourth-order valence-corrected chi connectivity index (χ4v) is 4.13. The molecular weight excluding hydrogens is 403 g/mol. The van der Waals surface area contributed by atoms with Gasteiger partial charge in [0.25, 0.3) is 5.91 Å². The Bertz CT molecular complexity index is 576. The molecule has 2 amide bonds. The molecule has 0 saturated carbocycles. The normalized spacial score (nSPS) is 19.7. The molecule has 0 radical (unpaired) electrons. The third-order valence-electron chi connectivity index (χ3n) is 4.90. The number of likely N-dealkylation sites (tertiary alicyclic amines) is 2. The van der Waals surface area contributed by atoms with Crippen LogP contribution in [-0.2, 0) is 4.79 Å². The van der Waals surface area contributed by atoms with Crippen molar-refractivity contribution in [1.82, 2.24) is 9.80 Å². The Hall–Kier alpha value is -1.11. The third kappa shape index (κ3) is 3.87. The van der Waals surface area contributed by atoms with Gasteiger partial charge in [-0.05, 0) is 66.8 Å². The second-order valence-corrected chi connectivity index (χ2v) is 7.59. The van der Waals surface area contributed by atoms with Gasteiger partial charge in [0.15, 0.2) is 0 Å². The highest BCUT2D eigenvalue weighted by atomic mass is 127. The van der Waals surface area contributed by atoms with Gasteiger partial charge >= 0.3 is 0 Å². The molecule has 0 N–H and O–H groups in total. The molecule has 124 valence electrons. The summed E-state index contributed by atoms with van der Waals surface area (Å²) in [7, 11) is 0. The van der Waals surface area contributed by atoms with E-state index in [1.165, 1.54) is 6.42 Å². The van der Waals surface area contributed by atoms with Gasteiger partial charge in [0.2, 0.25) is 5.91 Å². The highest BCUT2D eigenvalue weighted by Gasteiger charge is 2.31. The van der Waals surface area contributed by atoms with E-state index in [-0.39, 0.29) is 11.8 Å². The highest BCUT2D eigenvalue weighted by molar-refractivity contribution is 14.1. The van der Waals surface area contributed by atoms with E-state index in [9.17, 15) is 9.59 Å². The smallest absolute Gasteiger partial charge is 0.254 e. The van der Waals surface area contributed by atoms with Crippen LogP contribution in [0.25, 0.3) is 0 Å². The van der Waals surface area contributed by atoms with E-state index in [0.717, 1.165) is 47.9 Å². The molecule has 3 rings (SSSR count). The van der Waals surface area contributed by atoms with Crippen molar-refractivity contribution in [2.75, 3.05) is 26.2 Å². The minimum absolute atomic E-state index is 0.0962. The molecule has 2 aliphatic rings. The number of carbonyl (C=O) groups excluding carboxylic acids is 2. The van der Waals surface area contributed by atoms with E-state index in [1.807, 2.05) is 34.1 Å². The molecule has 0 atom stereocenters. The van der Waals surface area contributed by atoms with Crippen molar-refractivity contribution in [3.8, 4) is 0 Å². The van der Waals surface area contributed by atoms with Gasteiger partial charge < -0.3 is 9.80 Å². The van der Waals surface area contributed by atoms with E-state index < -0.39 is 0 Å². The third-order valence-corrected chi connectivity index (χ3v) is 5.84. The lowest BCUT2D eigenvalue weighted by molar-refractivity contribution is -0.137. The summed E-state index contributed by atoms with van der Waals surface area (Å²) in [6.07, 6.45) is 5.10. The summed E-state index contributed by atoms with van der Waals surface area (Å²) in [5.41, 5.74) is 0.772. The Kier molecular flexibility index (Phi) is 5.56. The molecule has 0 unspecified atom stereocenters. The Labute approximate surface area is 151 Å². The molecular formula is C18H23IN2O2. The maximum atomic E-state index is 12.6. The van der Waals surface area contributed by atoms with Crippen LogP contribution >= 0.6 is 22.6 Å². The average molecular weight is 426 g/mol. The molecule has 23 heavy (non-hydrogen) atoms. The molecule has 1 aromatic rings. The topological polar surface area (TPSA) is 40.6 Å². The minimum Gasteiger partial charge on any atom is -0.342 e. The molecule has 0 aliphatic carbocycles. The fraction of sp³-hybridized carbons (Fsp3) is 0.556. The monoisotopic (exact) mass is 426 g/mol. The van der Waals surface area contributed by atoms with Crippen molar-refractivity contribution in [2.45, 2.75) is 32.1 Å². The number of piperidine rings is 2. The lowest BCUT2D eigenvalue weighted by Gasteiger charge is -2.35. The first kappa shape index (κ1) is 16.7. The van der Waals surface area contributed by atoms with E-state index in [2.05, 4.69) is 22.6 Å². The Morgan fingerprint density at radius 3 is 2.22 bits per heavy atom. The van der Waals surface area contributed by atoms with Crippen LogP contribution in [0.3, 0.4) is 0 Å². The number of amides is 2. The van der Waals surface area contributed by atoms with Crippen LogP contribution < -0.4 is 0 Å². The number of rotatable bonds is 2. The first-order chi connectivity index (χ1) is 11.2. The van der Waals surface area contributed by atoms with Gasteiger partial charge in [0.1, 0.15) is 0 Å². The molecule has 0 bridgehead atoms. The zero-order valence-corrected chi connectivity index (χ0v) is 15.5. The SMILES string of the molecule is O=C(c1ccccc1I)N1CCC(C(=O)N2CCCCC2)CC1. The zero-order chi connectivity index (χ0) is 16.2. The number of carbonyl (C=O) groups is 2. The van der Waals surface area contributed by atoms with Gasteiger partial charge in [-0.15, -0.1) is 0 Å². The highest BCUT2D eigenvalue weighted by Crippen LogP contribution is 2.24. The van der Waals surface area contributed by atoms with Crippen LogP contribution in [-0.4, -0.2) is 47.8 Å². The average Bonchev–Trinajstić information content (AvgIpc) is 2.62. The van der Waals surface area contributed by atoms with Crippen molar-refractivity contribution in [3.05, 3.63) is 33.4 Å². The standard InChI is InChI=1S/C18H23IN2O2/c19-16-7-3-2-6-15(16)18(23)21-12-8-14(9-13-21)17(22)20-10-4-1-5-11-20/h2-3,6-7,14H,1,4-5,8-13H2. The van der Waals surface area contributed by atoms with Gasteiger partial charge in [-0.2, -0.15) is 0 Å². The lowest BCUT2D eigenvalue weighted by Crippen LogP contribution is -2.45. The summed E-state index contributed by atoms with van der Waals surface area (Å²) in [4.78, 5) is 29.1. The molecule has 2 saturated heterocycles. The van der Waals surface area contributed by atoms with Crippen molar-refractivity contribution >= 4 is 34.4 Å². The van der Waals surface area contributed by atoms with Gasteiger partial charge in [-0.3, -0.25) is 9.59 Å². The van der Waals surface area contributed by atoms with E-state index in [1.54, 1.807) is 0 Å². The molecule has 0 aromatic heterocycles. The molecule has 4 nitrogen and oxygen atoms in total. The number of hydrogen-bond donors (Lipinski definition) is 0. The lowest BCUT2D eigenvalue weighted by atomic mass is 9.94. The molecule has 2 fully saturated rings. The maximum absolute atomic E-state index is 12.6. The fourth-order valence-electron chi connectivity index (χ4n) is 3.51. The van der Waals surface area contributed by atoms with Crippen molar-refractivity contribution in [2.24, 2.45) is 5.92 Å². The van der Waals surface area contributed by atoms with Gasteiger partial charge in [-0.25, -0.2) is 0 Å². The first-order valence-corrected chi connectivity index (χ1v) is 9.57. The number of halogens is 1. The first-order valence-electron chi connectivity index (χ1n) is 8.49. The predicted octanol–water partition coefficient (Wildman–Crippen LogP) is 3.16. The molecule has 0 spiro atoms. The second kappa shape index (κ2) is 7.64. The van der Waals surface area contributed by atoms with E-state index >= 15 is 0 Å². The van der Waals surface area contributed by atoms with Crippen LogP contribution in [0.5, 0.6) is 0 Å². The summed E-state index contributed by atoms with van der Waals surface area (Å²) >= 11 is 2.21. The van der Waals surface area contributed by atoms with Crippen LogP contribution in [0.15, 0.2) is 24.3 Å². The molecule has 1 aromatic carbocycles. The second-order valence-electron chi connectivity index (χ2n) is 6.43. The van der Waals surface area contributed by atoms with Crippen LogP contribution in [0.1, 0.15) is 42.5 Å². The largest absolute Gasteiger partial charge is 0.342 e. The Morgan fingerprint density at radius 2 is 1.57 bits per heavy atom. The number of benzene rings is 1. The Balaban J connectivity index is 1.57. The predicted molar refractivity (Wildman–Crippen MR) is 98.2 cm³/mol. The van der Waals surface area contributed by atoms with E-state index in [0.29, 0.717) is 19.0 Å².